The Labute approximate surface area is 152 Å². The highest BCUT2D eigenvalue weighted by Gasteiger charge is 2.37. The van der Waals surface area contributed by atoms with Crippen molar-refractivity contribution in [3.63, 3.8) is 0 Å². The molecule has 0 aliphatic heterocycles. The maximum absolute atomic E-state index is 10.1. The lowest BCUT2D eigenvalue weighted by atomic mass is 9.92. The predicted octanol–water partition coefficient (Wildman–Crippen LogP) is -0.363. The summed E-state index contributed by atoms with van der Waals surface area (Å²) in [4.78, 5) is 0. The molecule has 0 spiro atoms. The zero-order valence-corrected chi connectivity index (χ0v) is 14.3. The Balaban J connectivity index is 1.92. The molecule has 2 rings (SSSR count). The summed E-state index contributed by atoms with van der Waals surface area (Å²) in [7, 11) is 0. The molecule has 2 aromatic carbocycles. The number of aliphatic hydroxyl groups is 6. The van der Waals surface area contributed by atoms with E-state index in [0.717, 1.165) is 11.1 Å². The van der Waals surface area contributed by atoms with Gasteiger partial charge in [0.25, 0.3) is 0 Å². The summed E-state index contributed by atoms with van der Waals surface area (Å²) in [6.45, 7) is 0. The lowest BCUT2D eigenvalue weighted by Gasteiger charge is -2.31. The van der Waals surface area contributed by atoms with E-state index in [0.29, 0.717) is 0 Å². The van der Waals surface area contributed by atoms with Gasteiger partial charge in [0.05, 0.1) is 12.2 Å². The topological polar surface area (TPSA) is 121 Å². The summed E-state index contributed by atoms with van der Waals surface area (Å²) < 4.78 is 0. The number of rotatable bonds is 9. The Morgan fingerprint density at radius 2 is 0.769 bits per heavy atom. The van der Waals surface area contributed by atoms with E-state index >= 15 is 0 Å². The van der Waals surface area contributed by atoms with Gasteiger partial charge >= 0.3 is 0 Å². The highest BCUT2D eigenvalue weighted by molar-refractivity contribution is 5.17. The lowest BCUT2D eigenvalue weighted by molar-refractivity contribution is -0.152. The van der Waals surface area contributed by atoms with Crippen LogP contribution >= 0.6 is 0 Å². The van der Waals surface area contributed by atoms with Gasteiger partial charge in [0, 0.05) is 12.8 Å². The Bertz CT molecular complexity index is 578. The van der Waals surface area contributed by atoms with E-state index in [1.807, 2.05) is 12.1 Å². The first kappa shape index (κ1) is 20.5. The van der Waals surface area contributed by atoms with Crippen LogP contribution in [0.3, 0.4) is 0 Å². The van der Waals surface area contributed by atoms with E-state index in [4.69, 9.17) is 0 Å². The molecule has 0 amide bonds. The van der Waals surface area contributed by atoms with Crippen molar-refractivity contribution in [1.29, 1.82) is 0 Å². The van der Waals surface area contributed by atoms with Gasteiger partial charge in [0.2, 0.25) is 0 Å². The summed E-state index contributed by atoms with van der Waals surface area (Å²) >= 11 is 0. The zero-order valence-electron chi connectivity index (χ0n) is 14.3. The van der Waals surface area contributed by atoms with Gasteiger partial charge < -0.3 is 30.6 Å². The average Bonchev–Trinajstić information content (AvgIpc) is 2.67. The summed E-state index contributed by atoms with van der Waals surface area (Å²) in [5, 5.41) is 60.5. The molecule has 0 heterocycles. The molecule has 142 valence electrons. The average molecular weight is 362 g/mol. The molecule has 6 heteroatoms. The predicted molar refractivity (Wildman–Crippen MR) is 96.3 cm³/mol. The highest BCUT2D eigenvalue weighted by Crippen LogP contribution is 2.16. The van der Waals surface area contributed by atoms with Crippen molar-refractivity contribution in [1.82, 2.24) is 0 Å². The Morgan fingerprint density at radius 1 is 0.462 bits per heavy atom. The van der Waals surface area contributed by atoms with Crippen LogP contribution in [0.25, 0.3) is 0 Å². The lowest BCUT2D eigenvalue weighted by Crippen LogP contribution is -2.52. The third kappa shape index (κ3) is 5.60. The third-order valence-electron chi connectivity index (χ3n) is 4.41. The van der Waals surface area contributed by atoms with Crippen LogP contribution in [0.2, 0.25) is 0 Å². The van der Waals surface area contributed by atoms with Crippen LogP contribution < -0.4 is 0 Å². The normalized spacial score (nSPS) is 18.5. The molecule has 0 radical (unpaired) electrons. The van der Waals surface area contributed by atoms with Gasteiger partial charge in [-0.2, -0.15) is 0 Å². The molecule has 26 heavy (non-hydrogen) atoms. The minimum Gasteiger partial charge on any atom is -0.390 e. The van der Waals surface area contributed by atoms with Crippen molar-refractivity contribution >= 4 is 0 Å². The van der Waals surface area contributed by atoms with Crippen LogP contribution in [0.5, 0.6) is 0 Å². The van der Waals surface area contributed by atoms with Crippen LogP contribution in [-0.4, -0.2) is 67.3 Å². The van der Waals surface area contributed by atoms with Gasteiger partial charge in [-0.1, -0.05) is 60.7 Å². The third-order valence-corrected chi connectivity index (χ3v) is 4.41. The van der Waals surface area contributed by atoms with Gasteiger partial charge in [-0.15, -0.1) is 0 Å². The SMILES string of the molecule is OC(Cc1ccccc1)[C@@H](O)[C@@H](O)[C@H](O)[C@H](O)C(O)Cc1ccccc1. The van der Waals surface area contributed by atoms with E-state index in [2.05, 4.69) is 0 Å². The fourth-order valence-corrected chi connectivity index (χ4v) is 2.81. The van der Waals surface area contributed by atoms with Gasteiger partial charge in [0.1, 0.15) is 24.4 Å². The van der Waals surface area contributed by atoms with Gasteiger partial charge in [0.15, 0.2) is 0 Å². The highest BCUT2D eigenvalue weighted by atomic mass is 16.4. The van der Waals surface area contributed by atoms with Crippen molar-refractivity contribution in [3.05, 3.63) is 71.8 Å². The minimum atomic E-state index is -1.81. The molecule has 0 saturated heterocycles. The fourth-order valence-electron chi connectivity index (χ4n) is 2.81. The van der Waals surface area contributed by atoms with E-state index in [9.17, 15) is 30.6 Å². The standard InChI is InChI=1S/C20H26O6/c21-15(11-13-7-3-1-4-8-13)17(23)19(25)20(26)18(24)16(22)12-14-9-5-2-6-10-14/h1-10,15-26H,11-12H2/t15?,16?,17-,18-,19-,20-/m1/s1. The molecule has 6 nitrogen and oxygen atoms in total. The van der Waals surface area contributed by atoms with E-state index < -0.39 is 36.6 Å². The first-order valence-corrected chi connectivity index (χ1v) is 8.56. The van der Waals surface area contributed by atoms with Gasteiger partial charge in [-0.25, -0.2) is 0 Å². The van der Waals surface area contributed by atoms with Crippen LogP contribution in [0.15, 0.2) is 60.7 Å². The van der Waals surface area contributed by atoms with Crippen molar-refractivity contribution in [2.75, 3.05) is 0 Å². The smallest absolute Gasteiger partial charge is 0.111 e. The summed E-state index contributed by atoms with van der Waals surface area (Å²) in [6.07, 6.45) is -9.49. The minimum absolute atomic E-state index is 0.0778. The first-order valence-electron chi connectivity index (χ1n) is 8.56. The van der Waals surface area contributed by atoms with Gasteiger partial charge in [-0.05, 0) is 11.1 Å². The number of benzene rings is 2. The molecule has 2 aromatic rings. The maximum atomic E-state index is 10.1. The maximum Gasteiger partial charge on any atom is 0.111 e. The molecule has 0 bridgehead atoms. The van der Waals surface area contributed by atoms with Crippen LogP contribution in [0.4, 0.5) is 0 Å². The van der Waals surface area contributed by atoms with Crippen molar-refractivity contribution in [3.8, 4) is 0 Å². The van der Waals surface area contributed by atoms with Crippen molar-refractivity contribution in [2.24, 2.45) is 0 Å². The fraction of sp³-hybridized carbons (Fsp3) is 0.400. The molecule has 0 aliphatic carbocycles. The second-order valence-corrected chi connectivity index (χ2v) is 6.48. The second-order valence-electron chi connectivity index (χ2n) is 6.48. The monoisotopic (exact) mass is 362 g/mol. The van der Waals surface area contributed by atoms with Crippen LogP contribution in [0, 0.1) is 0 Å². The van der Waals surface area contributed by atoms with E-state index in [1.54, 1.807) is 48.5 Å². The van der Waals surface area contributed by atoms with E-state index in [-0.39, 0.29) is 12.8 Å². The molecule has 6 atom stereocenters. The molecule has 0 aliphatic rings. The molecule has 0 fully saturated rings. The number of aliphatic hydroxyl groups excluding tert-OH is 6. The van der Waals surface area contributed by atoms with Crippen molar-refractivity contribution < 1.29 is 30.6 Å². The summed E-state index contributed by atoms with van der Waals surface area (Å²) in [5.74, 6) is 0. The Hall–Kier alpha value is -1.80. The summed E-state index contributed by atoms with van der Waals surface area (Å²) in [6, 6.07) is 17.8. The zero-order chi connectivity index (χ0) is 19.1. The molecule has 0 saturated carbocycles. The molecule has 0 aromatic heterocycles. The quantitative estimate of drug-likeness (QED) is 0.362. The Kier molecular flexibility index (Phi) is 7.71. The number of hydrogen-bond acceptors (Lipinski definition) is 6. The molecular weight excluding hydrogens is 336 g/mol. The Morgan fingerprint density at radius 3 is 1.08 bits per heavy atom. The summed E-state index contributed by atoms with van der Waals surface area (Å²) in [5.41, 5.74) is 1.51. The van der Waals surface area contributed by atoms with Crippen molar-refractivity contribution in [2.45, 2.75) is 49.5 Å². The first-order chi connectivity index (χ1) is 12.4. The molecule has 6 N–H and O–H groups in total. The largest absolute Gasteiger partial charge is 0.390 e. The second kappa shape index (κ2) is 9.78. The number of hydrogen-bond donors (Lipinski definition) is 6. The molecular formula is C20H26O6. The van der Waals surface area contributed by atoms with E-state index in [1.165, 1.54) is 0 Å². The molecule has 2 unspecified atom stereocenters. The van der Waals surface area contributed by atoms with Crippen LogP contribution in [-0.2, 0) is 12.8 Å². The van der Waals surface area contributed by atoms with Crippen LogP contribution in [0.1, 0.15) is 11.1 Å². The van der Waals surface area contributed by atoms with Gasteiger partial charge in [-0.3, -0.25) is 0 Å².